The van der Waals surface area contributed by atoms with E-state index in [4.69, 9.17) is 9.47 Å². The molecule has 0 heterocycles. The molecule has 0 radical (unpaired) electrons. The van der Waals surface area contributed by atoms with Crippen LogP contribution in [0.5, 0.6) is 5.75 Å². The third kappa shape index (κ3) is 6.69. The van der Waals surface area contributed by atoms with Crippen molar-refractivity contribution < 1.29 is 13.9 Å². The van der Waals surface area contributed by atoms with Gasteiger partial charge < -0.3 is 20.1 Å². The minimum atomic E-state index is -0.357. The van der Waals surface area contributed by atoms with Crippen LogP contribution in [0.1, 0.15) is 51.5 Å². The first kappa shape index (κ1) is 21.5. The predicted molar refractivity (Wildman–Crippen MR) is 108 cm³/mol. The third-order valence-corrected chi connectivity index (χ3v) is 5.26. The van der Waals surface area contributed by atoms with Gasteiger partial charge in [0.1, 0.15) is 0 Å². The van der Waals surface area contributed by atoms with Gasteiger partial charge in [0.2, 0.25) is 0 Å². The summed E-state index contributed by atoms with van der Waals surface area (Å²) in [7, 11) is 1.47. The number of nitrogens with zero attached hydrogens (tertiary/aromatic N) is 1. The summed E-state index contributed by atoms with van der Waals surface area (Å²) in [5.74, 6) is 0.672. The van der Waals surface area contributed by atoms with Gasteiger partial charge in [-0.05, 0) is 56.2 Å². The Morgan fingerprint density at radius 2 is 2.00 bits per heavy atom. The Morgan fingerprint density at radius 3 is 2.63 bits per heavy atom. The van der Waals surface area contributed by atoms with Crippen molar-refractivity contribution in [2.24, 2.45) is 10.4 Å². The highest BCUT2D eigenvalue weighted by molar-refractivity contribution is 5.79. The van der Waals surface area contributed by atoms with Crippen LogP contribution >= 0.6 is 0 Å². The lowest BCUT2D eigenvalue weighted by Crippen LogP contribution is -2.43. The van der Waals surface area contributed by atoms with Crippen LogP contribution in [0.2, 0.25) is 0 Å². The average molecular weight is 380 g/mol. The van der Waals surface area contributed by atoms with E-state index in [1.165, 1.54) is 38.9 Å². The number of guanidine groups is 1. The van der Waals surface area contributed by atoms with Crippen LogP contribution in [0, 0.1) is 11.2 Å². The minimum Gasteiger partial charge on any atom is -0.494 e. The fraction of sp³-hybridized carbons (Fsp3) is 0.667. The Balaban J connectivity index is 1.96. The number of rotatable bonds is 10. The maximum absolute atomic E-state index is 13.9. The molecule has 1 aromatic carbocycles. The van der Waals surface area contributed by atoms with Gasteiger partial charge in [-0.15, -0.1) is 0 Å². The second-order valence-corrected chi connectivity index (χ2v) is 7.17. The molecule has 0 aromatic heterocycles. The predicted octanol–water partition coefficient (Wildman–Crippen LogP) is 3.88. The Bertz CT molecular complexity index is 601. The summed E-state index contributed by atoms with van der Waals surface area (Å²) in [5.41, 5.74) is 1.11. The molecule has 0 unspecified atom stereocenters. The Morgan fingerprint density at radius 1 is 1.22 bits per heavy atom. The summed E-state index contributed by atoms with van der Waals surface area (Å²) < 4.78 is 24.4. The lowest BCUT2D eigenvalue weighted by atomic mass is 9.83. The lowest BCUT2D eigenvalue weighted by molar-refractivity contribution is 0.105. The second kappa shape index (κ2) is 11.1. The van der Waals surface area contributed by atoms with Crippen molar-refractivity contribution in [2.45, 2.75) is 52.5 Å². The quantitative estimate of drug-likeness (QED) is 0.368. The molecule has 2 rings (SSSR count). The van der Waals surface area contributed by atoms with Crippen LogP contribution in [-0.4, -0.2) is 39.4 Å². The molecule has 6 heteroatoms. The van der Waals surface area contributed by atoms with E-state index in [9.17, 15) is 4.39 Å². The number of benzene rings is 1. The summed E-state index contributed by atoms with van der Waals surface area (Å²) in [4.78, 5) is 4.62. The van der Waals surface area contributed by atoms with Crippen LogP contribution in [0.4, 0.5) is 4.39 Å². The van der Waals surface area contributed by atoms with Crippen molar-refractivity contribution in [3.8, 4) is 5.75 Å². The normalized spacial score (nSPS) is 16.4. The van der Waals surface area contributed by atoms with Crippen LogP contribution in [-0.2, 0) is 11.3 Å². The molecule has 0 bridgehead atoms. The zero-order valence-electron chi connectivity index (χ0n) is 16.9. The second-order valence-electron chi connectivity index (χ2n) is 7.17. The zero-order chi connectivity index (χ0) is 19.5. The van der Waals surface area contributed by atoms with Crippen molar-refractivity contribution in [1.82, 2.24) is 10.6 Å². The van der Waals surface area contributed by atoms with Gasteiger partial charge in [-0.25, -0.2) is 9.38 Å². The maximum Gasteiger partial charge on any atom is 0.191 e. The Labute approximate surface area is 162 Å². The van der Waals surface area contributed by atoms with Crippen LogP contribution in [0.25, 0.3) is 0 Å². The molecule has 2 N–H and O–H groups in total. The number of aliphatic imine (C=N–C) groups is 1. The molecule has 5 nitrogen and oxygen atoms in total. The van der Waals surface area contributed by atoms with E-state index >= 15 is 0 Å². The molecular weight excluding hydrogens is 345 g/mol. The molecule has 0 saturated heterocycles. The number of halogens is 1. The molecule has 0 aliphatic heterocycles. The average Bonchev–Trinajstić information content (AvgIpc) is 3.13. The highest BCUT2D eigenvalue weighted by Crippen LogP contribution is 2.40. The molecule has 1 aliphatic carbocycles. The van der Waals surface area contributed by atoms with Gasteiger partial charge in [0.25, 0.3) is 0 Å². The first-order valence-corrected chi connectivity index (χ1v) is 10.0. The van der Waals surface area contributed by atoms with E-state index in [1.807, 2.05) is 19.9 Å². The van der Waals surface area contributed by atoms with Gasteiger partial charge in [0.05, 0.1) is 13.7 Å². The van der Waals surface area contributed by atoms with Gasteiger partial charge in [-0.3, -0.25) is 0 Å². The topological polar surface area (TPSA) is 54.9 Å². The van der Waals surface area contributed by atoms with Gasteiger partial charge in [-0.2, -0.15) is 0 Å². The minimum absolute atomic E-state index is 0.255. The van der Waals surface area contributed by atoms with Crippen LogP contribution in [0.3, 0.4) is 0 Å². The largest absolute Gasteiger partial charge is 0.494 e. The smallest absolute Gasteiger partial charge is 0.191 e. The third-order valence-electron chi connectivity index (χ3n) is 5.26. The molecule has 27 heavy (non-hydrogen) atoms. The van der Waals surface area contributed by atoms with Crippen molar-refractivity contribution in [3.63, 3.8) is 0 Å². The molecule has 1 saturated carbocycles. The Kier molecular flexibility index (Phi) is 8.85. The Hall–Kier alpha value is -1.82. The molecule has 1 fully saturated rings. The van der Waals surface area contributed by atoms with Gasteiger partial charge in [0, 0.05) is 26.3 Å². The number of nitrogens with one attached hydrogen (secondary N) is 2. The van der Waals surface area contributed by atoms with E-state index in [-0.39, 0.29) is 17.0 Å². The van der Waals surface area contributed by atoms with Crippen LogP contribution < -0.4 is 15.4 Å². The number of hydrogen-bond donors (Lipinski definition) is 2. The standard InChI is InChI=1S/C21H34FN3O2/c1-4-23-20(24-15-17-8-9-19(26-3)18(22)14-17)25-16-21(10-6-7-11-21)12-13-27-5-2/h8-9,14H,4-7,10-13,15-16H2,1-3H3,(H2,23,24,25). The molecule has 1 aliphatic rings. The van der Waals surface area contributed by atoms with E-state index in [0.717, 1.165) is 44.2 Å². The summed E-state index contributed by atoms with van der Waals surface area (Å²) in [5, 5.41) is 6.79. The maximum atomic E-state index is 13.9. The van der Waals surface area contributed by atoms with E-state index in [0.29, 0.717) is 6.54 Å². The first-order chi connectivity index (χ1) is 13.1. The lowest BCUT2D eigenvalue weighted by Gasteiger charge is -2.30. The van der Waals surface area contributed by atoms with Gasteiger partial charge >= 0.3 is 0 Å². The summed E-state index contributed by atoms with van der Waals surface area (Å²) >= 11 is 0. The highest BCUT2D eigenvalue weighted by Gasteiger charge is 2.33. The number of methoxy groups -OCH3 is 1. The highest BCUT2D eigenvalue weighted by atomic mass is 19.1. The fourth-order valence-corrected chi connectivity index (χ4v) is 3.66. The fourth-order valence-electron chi connectivity index (χ4n) is 3.66. The first-order valence-electron chi connectivity index (χ1n) is 10.0. The summed E-state index contributed by atoms with van der Waals surface area (Å²) in [6.07, 6.45) is 6.11. The zero-order valence-corrected chi connectivity index (χ0v) is 16.9. The monoisotopic (exact) mass is 379 g/mol. The SMILES string of the molecule is CCNC(=NCc1ccc(OC)c(F)c1)NCC1(CCOCC)CCCC1. The molecule has 0 spiro atoms. The van der Waals surface area contributed by atoms with Crippen molar-refractivity contribution in [3.05, 3.63) is 29.6 Å². The summed E-state index contributed by atoms with van der Waals surface area (Å²) in [6, 6.07) is 4.96. The number of ether oxygens (including phenoxy) is 2. The molecule has 152 valence electrons. The van der Waals surface area contributed by atoms with Crippen molar-refractivity contribution >= 4 is 5.96 Å². The number of hydrogen-bond acceptors (Lipinski definition) is 3. The van der Waals surface area contributed by atoms with Gasteiger partial charge in [0.15, 0.2) is 17.5 Å². The molecular formula is C21H34FN3O2. The van der Waals surface area contributed by atoms with Crippen LogP contribution in [0.15, 0.2) is 23.2 Å². The summed E-state index contributed by atoms with van der Waals surface area (Å²) in [6.45, 7) is 7.77. The van der Waals surface area contributed by atoms with Gasteiger partial charge in [-0.1, -0.05) is 18.9 Å². The van der Waals surface area contributed by atoms with Crippen molar-refractivity contribution in [2.75, 3.05) is 33.4 Å². The molecule has 0 amide bonds. The van der Waals surface area contributed by atoms with E-state index < -0.39 is 0 Å². The molecule has 1 aromatic rings. The molecule has 0 atom stereocenters. The van der Waals surface area contributed by atoms with E-state index in [1.54, 1.807) is 6.07 Å². The van der Waals surface area contributed by atoms with Crippen molar-refractivity contribution in [1.29, 1.82) is 0 Å². The van der Waals surface area contributed by atoms with E-state index in [2.05, 4.69) is 15.6 Å².